The quantitative estimate of drug-likeness (QED) is 0.757. The van der Waals surface area contributed by atoms with Crippen molar-refractivity contribution in [1.29, 1.82) is 0 Å². The Bertz CT molecular complexity index is 886. The van der Waals surface area contributed by atoms with Gasteiger partial charge in [-0.3, -0.25) is 19.5 Å². The average Bonchev–Trinajstić information content (AvgIpc) is 3.58. The Labute approximate surface area is 172 Å². The molecule has 29 heavy (non-hydrogen) atoms. The van der Waals surface area contributed by atoms with Crippen molar-refractivity contribution in [2.24, 2.45) is 0 Å². The van der Waals surface area contributed by atoms with Gasteiger partial charge in [-0.05, 0) is 44.2 Å². The van der Waals surface area contributed by atoms with Crippen LogP contribution >= 0.6 is 0 Å². The first-order valence-electron chi connectivity index (χ1n) is 10.8. The standard InChI is InChI=1S/C23H30N4O2/c1-2-11-24-22(28)15-27-12-9-17(10-13-27)25-23(29)19-14-21(16-7-8-16)26-20-6-4-3-5-18(19)20/h3-6,14,16-17H,2,7-13,15H2,1H3,(H,24,28)(H,25,29). The Morgan fingerprint density at radius 3 is 2.62 bits per heavy atom. The molecular formula is C23H30N4O2. The third kappa shape index (κ3) is 4.93. The molecule has 0 bridgehead atoms. The van der Waals surface area contributed by atoms with Crippen molar-refractivity contribution in [2.45, 2.75) is 51.0 Å². The van der Waals surface area contributed by atoms with E-state index in [0.717, 1.165) is 73.9 Å². The minimum Gasteiger partial charge on any atom is -0.355 e. The molecule has 1 aliphatic heterocycles. The summed E-state index contributed by atoms with van der Waals surface area (Å²) in [6, 6.07) is 10.0. The first-order chi connectivity index (χ1) is 14.1. The van der Waals surface area contributed by atoms with E-state index in [9.17, 15) is 9.59 Å². The number of nitrogens with zero attached hydrogens (tertiary/aromatic N) is 2. The van der Waals surface area contributed by atoms with Crippen molar-refractivity contribution in [3.05, 3.63) is 41.6 Å². The summed E-state index contributed by atoms with van der Waals surface area (Å²) in [5, 5.41) is 7.07. The number of piperidine rings is 1. The maximum absolute atomic E-state index is 13.1. The lowest BCUT2D eigenvalue weighted by molar-refractivity contribution is -0.122. The summed E-state index contributed by atoms with van der Waals surface area (Å²) >= 11 is 0. The molecule has 6 nitrogen and oxygen atoms in total. The second-order valence-electron chi connectivity index (χ2n) is 8.26. The summed E-state index contributed by atoms with van der Waals surface area (Å²) in [6.07, 6.45) is 5.01. The first kappa shape index (κ1) is 19.8. The summed E-state index contributed by atoms with van der Waals surface area (Å²) < 4.78 is 0. The number of carbonyl (C=O) groups is 2. The van der Waals surface area contributed by atoms with E-state index in [2.05, 4.69) is 15.5 Å². The van der Waals surface area contributed by atoms with Crippen LogP contribution in [-0.4, -0.2) is 53.9 Å². The number of benzene rings is 1. The lowest BCUT2D eigenvalue weighted by Gasteiger charge is -2.32. The molecular weight excluding hydrogens is 364 g/mol. The Hall–Kier alpha value is -2.47. The van der Waals surface area contributed by atoms with E-state index in [0.29, 0.717) is 12.5 Å². The number of hydrogen-bond acceptors (Lipinski definition) is 4. The van der Waals surface area contributed by atoms with Gasteiger partial charge in [0.05, 0.1) is 17.6 Å². The van der Waals surface area contributed by atoms with Crippen LogP contribution in [-0.2, 0) is 4.79 Å². The number of hydrogen-bond donors (Lipinski definition) is 2. The number of para-hydroxylation sites is 1. The fourth-order valence-electron chi connectivity index (χ4n) is 3.99. The van der Waals surface area contributed by atoms with Crippen LogP contribution in [0.4, 0.5) is 0 Å². The van der Waals surface area contributed by atoms with Crippen LogP contribution in [0.5, 0.6) is 0 Å². The first-order valence-corrected chi connectivity index (χ1v) is 10.8. The average molecular weight is 395 g/mol. The summed E-state index contributed by atoms with van der Waals surface area (Å²) in [6.45, 7) is 4.88. The number of aromatic nitrogens is 1. The molecule has 1 aromatic heterocycles. The molecule has 2 N–H and O–H groups in total. The predicted molar refractivity (Wildman–Crippen MR) is 114 cm³/mol. The highest BCUT2D eigenvalue weighted by Crippen LogP contribution is 2.40. The molecule has 0 unspecified atom stereocenters. The van der Waals surface area contributed by atoms with Gasteiger partial charge in [0.15, 0.2) is 0 Å². The van der Waals surface area contributed by atoms with Crippen LogP contribution in [0.3, 0.4) is 0 Å². The number of rotatable bonds is 7. The van der Waals surface area contributed by atoms with E-state index in [1.807, 2.05) is 37.3 Å². The Kier molecular flexibility index (Phi) is 6.09. The number of amides is 2. The minimum absolute atomic E-state index is 0.00959. The number of carbonyl (C=O) groups excluding carboxylic acids is 2. The molecule has 2 heterocycles. The highest BCUT2D eigenvalue weighted by Gasteiger charge is 2.28. The molecule has 2 aliphatic rings. The molecule has 2 fully saturated rings. The molecule has 0 atom stereocenters. The zero-order valence-corrected chi connectivity index (χ0v) is 17.1. The van der Waals surface area contributed by atoms with Gasteiger partial charge in [-0.2, -0.15) is 0 Å². The molecule has 1 saturated heterocycles. The fraction of sp³-hybridized carbons (Fsp3) is 0.522. The largest absolute Gasteiger partial charge is 0.355 e. The van der Waals surface area contributed by atoms with Crippen LogP contribution in [0.15, 0.2) is 30.3 Å². The SMILES string of the molecule is CCCNC(=O)CN1CCC(NC(=O)c2cc(C3CC3)nc3ccccc23)CC1. The van der Waals surface area contributed by atoms with Crippen molar-refractivity contribution >= 4 is 22.7 Å². The molecule has 0 radical (unpaired) electrons. The van der Waals surface area contributed by atoms with Crippen molar-refractivity contribution in [3.63, 3.8) is 0 Å². The van der Waals surface area contributed by atoms with E-state index in [-0.39, 0.29) is 17.9 Å². The van der Waals surface area contributed by atoms with Crippen LogP contribution in [0.1, 0.15) is 61.0 Å². The third-order valence-corrected chi connectivity index (χ3v) is 5.84. The molecule has 2 aromatic rings. The van der Waals surface area contributed by atoms with Crippen LogP contribution in [0.25, 0.3) is 10.9 Å². The number of likely N-dealkylation sites (tertiary alicyclic amines) is 1. The van der Waals surface area contributed by atoms with Gasteiger partial charge < -0.3 is 10.6 Å². The third-order valence-electron chi connectivity index (χ3n) is 5.84. The molecule has 1 saturated carbocycles. The monoisotopic (exact) mass is 394 g/mol. The van der Waals surface area contributed by atoms with Gasteiger partial charge >= 0.3 is 0 Å². The normalized spacial score (nSPS) is 18.0. The van der Waals surface area contributed by atoms with Crippen LogP contribution in [0, 0.1) is 0 Å². The number of fused-ring (bicyclic) bond motifs is 1. The van der Waals surface area contributed by atoms with Gasteiger partial charge in [-0.25, -0.2) is 0 Å². The van der Waals surface area contributed by atoms with Crippen molar-refractivity contribution in [1.82, 2.24) is 20.5 Å². The molecule has 0 spiro atoms. The minimum atomic E-state index is -0.00959. The molecule has 4 rings (SSSR count). The van der Waals surface area contributed by atoms with Crippen molar-refractivity contribution in [2.75, 3.05) is 26.2 Å². The highest BCUT2D eigenvalue weighted by molar-refractivity contribution is 6.06. The van der Waals surface area contributed by atoms with Crippen LogP contribution in [0.2, 0.25) is 0 Å². The zero-order valence-electron chi connectivity index (χ0n) is 17.1. The lowest BCUT2D eigenvalue weighted by Crippen LogP contribution is -2.47. The van der Waals surface area contributed by atoms with Gasteiger partial charge in [0, 0.05) is 42.7 Å². The topological polar surface area (TPSA) is 74.3 Å². The van der Waals surface area contributed by atoms with E-state index >= 15 is 0 Å². The molecule has 1 aliphatic carbocycles. The predicted octanol–water partition coefficient (Wildman–Crippen LogP) is 2.83. The summed E-state index contributed by atoms with van der Waals surface area (Å²) in [5.74, 6) is 0.586. The van der Waals surface area contributed by atoms with Crippen LogP contribution < -0.4 is 10.6 Å². The highest BCUT2D eigenvalue weighted by atomic mass is 16.2. The van der Waals surface area contributed by atoms with Gasteiger partial charge in [-0.15, -0.1) is 0 Å². The van der Waals surface area contributed by atoms with Gasteiger partial charge in [-0.1, -0.05) is 25.1 Å². The van der Waals surface area contributed by atoms with Gasteiger partial charge in [0.1, 0.15) is 0 Å². The molecule has 1 aromatic carbocycles. The number of pyridine rings is 1. The van der Waals surface area contributed by atoms with E-state index in [4.69, 9.17) is 4.98 Å². The summed E-state index contributed by atoms with van der Waals surface area (Å²) in [7, 11) is 0. The summed E-state index contributed by atoms with van der Waals surface area (Å²) in [4.78, 5) is 31.9. The van der Waals surface area contributed by atoms with E-state index in [1.165, 1.54) is 0 Å². The molecule has 6 heteroatoms. The number of nitrogens with one attached hydrogen (secondary N) is 2. The molecule has 154 valence electrons. The zero-order chi connectivity index (χ0) is 20.2. The summed E-state index contributed by atoms with van der Waals surface area (Å²) in [5.41, 5.74) is 2.68. The Morgan fingerprint density at radius 1 is 1.14 bits per heavy atom. The van der Waals surface area contributed by atoms with Crippen molar-refractivity contribution in [3.8, 4) is 0 Å². The second-order valence-corrected chi connectivity index (χ2v) is 8.26. The Morgan fingerprint density at radius 2 is 1.90 bits per heavy atom. The second kappa shape index (κ2) is 8.91. The smallest absolute Gasteiger partial charge is 0.252 e. The van der Waals surface area contributed by atoms with Crippen molar-refractivity contribution < 1.29 is 9.59 Å². The Balaban J connectivity index is 1.37. The molecule has 2 amide bonds. The van der Waals surface area contributed by atoms with Gasteiger partial charge in [0.25, 0.3) is 5.91 Å². The van der Waals surface area contributed by atoms with E-state index < -0.39 is 0 Å². The maximum Gasteiger partial charge on any atom is 0.252 e. The fourth-order valence-corrected chi connectivity index (χ4v) is 3.99. The maximum atomic E-state index is 13.1. The van der Waals surface area contributed by atoms with Gasteiger partial charge in [0.2, 0.25) is 5.91 Å². The van der Waals surface area contributed by atoms with E-state index in [1.54, 1.807) is 0 Å². The lowest BCUT2D eigenvalue weighted by atomic mass is 10.0.